The molecule has 1 spiro atoms. The van der Waals surface area contributed by atoms with Gasteiger partial charge in [0.05, 0.1) is 5.69 Å². The maximum absolute atomic E-state index is 6.59. The Balaban J connectivity index is 1.44. The fourth-order valence-electron chi connectivity index (χ4n) is 5.95. The van der Waals surface area contributed by atoms with Crippen LogP contribution < -0.4 is 0 Å². The van der Waals surface area contributed by atoms with E-state index in [4.69, 9.17) is 24.2 Å². The highest BCUT2D eigenvalue weighted by molar-refractivity contribution is 7.11. The molecule has 158 valence electrons. The fraction of sp³-hybridized carbons (Fsp3) is 0.542. The first-order chi connectivity index (χ1) is 14.5. The molecule has 1 unspecified atom stereocenters. The average molecular weight is 426 g/mol. The van der Waals surface area contributed by atoms with Gasteiger partial charge in [0.2, 0.25) is 12.1 Å². The second kappa shape index (κ2) is 6.63. The number of aromatic nitrogens is 1. The van der Waals surface area contributed by atoms with Crippen molar-refractivity contribution in [2.24, 2.45) is 17.8 Å². The highest BCUT2D eigenvalue weighted by Crippen LogP contribution is 2.61. The predicted octanol–water partition coefficient (Wildman–Crippen LogP) is 5.79. The largest absolute Gasteiger partial charge is 0.458 e. The third-order valence-electron chi connectivity index (χ3n) is 7.59. The second-order valence-corrected chi connectivity index (χ2v) is 10.2. The number of nitrogens with zero attached hydrogens (tertiary/aromatic N) is 1. The smallest absolute Gasteiger partial charge is 0.236 e. The van der Waals surface area contributed by atoms with Crippen LogP contribution in [0.1, 0.15) is 51.5 Å². The van der Waals surface area contributed by atoms with Crippen molar-refractivity contribution in [2.45, 2.75) is 64.1 Å². The van der Waals surface area contributed by atoms with Crippen LogP contribution >= 0.6 is 11.3 Å². The lowest BCUT2D eigenvalue weighted by Gasteiger charge is -2.57. The molecule has 1 aromatic carbocycles. The second-order valence-electron chi connectivity index (χ2n) is 9.39. The van der Waals surface area contributed by atoms with Crippen molar-refractivity contribution >= 4 is 17.1 Å². The molecule has 7 rings (SSSR count). The van der Waals surface area contributed by atoms with E-state index in [1.165, 1.54) is 12.0 Å². The average Bonchev–Trinajstić information content (AvgIpc) is 3.13. The minimum absolute atomic E-state index is 0.208. The summed E-state index contributed by atoms with van der Waals surface area (Å²) in [5.41, 5.74) is 2.73. The van der Waals surface area contributed by atoms with Crippen molar-refractivity contribution in [3.63, 3.8) is 0 Å². The first kappa shape index (κ1) is 19.0. The van der Waals surface area contributed by atoms with Crippen LogP contribution in [0.3, 0.4) is 0 Å². The third kappa shape index (κ3) is 2.60. The van der Waals surface area contributed by atoms with Crippen molar-refractivity contribution in [3.8, 4) is 11.3 Å². The molecule has 5 aliphatic rings. The molecule has 1 aromatic heterocycles. The minimum atomic E-state index is -0.758. The van der Waals surface area contributed by atoms with Gasteiger partial charge in [0.25, 0.3) is 0 Å². The SMILES string of the molecule is CC1=C(c2nc(-c3ccccc3)cs2)OC2O[C@]3(C)CC[C@H]4[C@H](C)CC[C@@H]1[C@@]24OO3. The van der Waals surface area contributed by atoms with E-state index < -0.39 is 17.7 Å². The molecule has 30 heavy (non-hydrogen) atoms. The van der Waals surface area contributed by atoms with Crippen molar-refractivity contribution in [2.75, 3.05) is 0 Å². The van der Waals surface area contributed by atoms with Gasteiger partial charge >= 0.3 is 0 Å². The standard InChI is InChI=1S/C24H27NO4S/c1-14-9-10-18-15(2)20(21-25-19(13-30-21)16-7-5-4-6-8-16)26-22-24(18)17(14)11-12-23(3,27-22)28-29-24/h4-8,13-14,17-18,22H,9-12H2,1-3H3/t14-,17+,18+,22?,23+,24-/m1/s1. The molecule has 2 aromatic rings. The molecule has 3 saturated heterocycles. The molecule has 6 heteroatoms. The van der Waals surface area contributed by atoms with Crippen molar-refractivity contribution in [1.29, 1.82) is 0 Å². The number of hydrogen-bond donors (Lipinski definition) is 0. The quantitative estimate of drug-likeness (QED) is 0.570. The maximum Gasteiger partial charge on any atom is 0.236 e. The lowest BCUT2D eigenvalue weighted by molar-refractivity contribution is -0.553. The maximum atomic E-state index is 6.59. The van der Waals surface area contributed by atoms with Gasteiger partial charge in [0.1, 0.15) is 0 Å². The number of benzene rings is 1. The molecular formula is C24H27NO4S. The number of hydrogen-bond acceptors (Lipinski definition) is 6. The Hall–Kier alpha value is -1.73. The summed E-state index contributed by atoms with van der Waals surface area (Å²) in [6.45, 7) is 6.46. The summed E-state index contributed by atoms with van der Waals surface area (Å²) < 4.78 is 13.0. The van der Waals surface area contributed by atoms with E-state index in [9.17, 15) is 0 Å². The monoisotopic (exact) mass is 425 g/mol. The molecule has 5 nitrogen and oxygen atoms in total. The van der Waals surface area contributed by atoms with Crippen LogP contribution in [0.15, 0.2) is 41.3 Å². The zero-order valence-corrected chi connectivity index (χ0v) is 18.4. The van der Waals surface area contributed by atoms with Gasteiger partial charge in [-0.25, -0.2) is 14.8 Å². The lowest BCUT2D eigenvalue weighted by atomic mass is 9.59. The van der Waals surface area contributed by atoms with Gasteiger partial charge < -0.3 is 9.47 Å². The molecular weight excluding hydrogens is 398 g/mol. The summed E-state index contributed by atoms with van der Waals surface area (Å²) >= 11 is 1.63. The van der Waals surface area contributed by atoms with Gasteiger partial charge in [-0.1, -0.05) is 37.3 Å². The molecule has 4 fully saturated rings. The minimum Gasteiger partial charge on any atom is -0.458 e. The topological polar surface area (TPSA) is 49.8 Å². The van der Waals surface area contributed by atoms with Crippen LogP contribution in [0.4, 0.5) is 0 Å². The zero-order valence-electron chi connectivity index (χ0n) is 17.6. The van der Waals surface area contributed by atoms with E-state index in [2.05, 4.69) is 31.4 Å². The Morgan fingerprint density at radius 3 is 2.77 bits per heavy atom. The van der Waals surface area contributed by atoms with Gasteiger partial charge in [0, 0.05) is 29.2 Å². The molecule has 1 saturated carbocycles. The third-order valence-corrected chi connectivity index (χ3v) is 8.43. The van der Waals surface area contributed by atoms with Crippen LogP contribution in [0.5, 0.6) is 0 Å². The van der Waals surface area contributed by atoms with Crippen LogP contribution in [0.2, 0.25) is 0 Å². The molecule has 0 radical (unpaired) electrons. The van der Waals surface area contributed by atoms with Gasteiger partial charge in [-0.3, -0.25) is 0 Å². The lowest BCUT2D eigenvalue weighted by Crippen LogP contribution is -2.66. The van der Waals surface area contributed by atoms with Crippen LogP contribution in [0, 0.1) is 17.8 Å². The summed E-state index contributed by atoms with van der Waals surface area (Å²) in [5, 5.41) is 3.01. The van der Waals surface area contributed by atoms with Crippen LogP contribution in [-0.4, -0.2) is 22.7 Å². The van der Waals surface area contributed by atoms with E-state index in [-0.39, 0.29) is 5.92 Å². The Kier molecular flexibility index (Phi) is 4.20. The highest BCUT2D eigenvalue weighted by Gasteiger charge is 2.68. The Morgan fingerprint density at radius 2 is 1.93 bits per heavy atom. The molecule has 4 aliphatic heterocycles. The Morgan fingerprint density at radius 1 is 1.10 bits per heavy atom. The molecule has 6 atom stereocenters. The van der Waals surface area contributed by atoms with Crippen LogP contribution in [-0.2, 0) is 19.2 Å². The van der Waals surface area contributed by atoms with Crippen molar-refractivity contribution in [1.82, 2.24) is 4.98 Å². The molecule has 2 bridgehead atoms. The van der Waals surface area contributed by atoms with Gasteiger partial charge in [0.15, 0.2) is 16.4 Å². The number of rotatable bonds is 2. The summed E-state index contributed by atoms with van der Waals surface area (Å²) in [4.78, 5) is 17.0. The number of ether oxygens (including phenoxy) is 2. The van der Waals surface area contributed by atoms with Gasteiger partial charge in [-0.2, -0.15) is 0 Å². The summed E-state index contributed by atoms with van der Waals surface area (Å²) in [6.07, 6.45) is 3.61. The summed E-state index contributed by atoms with van der Waals surface area (Å²) in [7, 11) is 0. The van der Waals surface area contributed by atoms with Gasteiger partial charge in [-0.05, 0) is 44.6 Å². The molecule has 1 aliphatic carbocycles. The highest BCUT2D eigenvalue weighted by atomic mass is 32.1. The summed E-state index contributed by atoms with van der Waals surface area (Å²) in [5.74, 6) is 1.22. The number of fused-ring (bicyclic) bond motifs is 2. The molecule has 0 N–H and O–H groups in total. The summed E-state index contributed by atoms with van der Waals surface area (Å²) in [6, 6.07) is 10.3. The predicted molar refractivity (Wildman–Crippen MR) is 114 cm³/mol. The van der Waals surface area contributed by atoms with Gasteiger partial charge in [-0.15, -0.1) is 11.3 Å². The number of thiazole rings is 1. The first-order valence-electron chi connectivity index (χ1n) is 10.9. The van der Waals surface area contributed by atoms with Crippen molar-refractivity contribution in [3.05, 3.63) is 46.3 Å². The van der Waals surface area contributed by atoms with E-state index in [0.29, 0.717) is 11.8 Å². The van der Waals surface area contributed by atoms with E-state index in [1.54, 1.807) is 11.3 Å². The fourth-order valence-corrected chi connectivity index (χ4v) is 6.83. The van der Waals surface area contributed by atoms with Crippen molar-refractivity contribution < 1.29 is 19.2 Å². The van der Waals surface area contributed by atoms with E-state index >= 15 is 0 Å². The zero-order chi connectivity index (χ0) is 20.5. The Labute approximate surface area is 180 Å². The first-order valence-corrected chi connectivity index (χ1v) is 11.8. The van der Waals surface area contributed by atoms with E-state index in [1.807, 2.05) is 25.1 Å². The van der Waals surface area contributed by atoms with E-state index in [0.717, 1.165) is 41.3 Å². The molecule has 0 amide bonds. The molecule has 5 heterocycles. The Bertz CT molecular complexity index is 1000. The van der Waals surface area contributed by atoms with Crippen LogP contribution in [0.25, 0.3) is 17.0 Å². The normalized spacial score (nSPS) is 40.0.